The highest BCUT2D eigenvalue weighted by atomic mass is 16.1. The van der Waals surface area contributed by atoms with Crippen molar-refractivity contribution in [2.75, 3.05) is 0 Å². The molecule has 0 aromatic rings. The van der Waals surface area contributed by atoms with E-state index < -0.39 is 0 Å². The number of hydrogen-bond donors (Lipinski definition) is 0. The van der Waals surface area contributed by atoms with E-state index in [-0.39, 0.29) is 5.78 Å². The molecular weight excluding hydrogens is 196 g/mol. The molecular formula is C15H22O. The van der Waals surface area contributed by atoms with Gasteiger partial charge in [-0.3, -0.25) is 4.79 Å². The number of allylic oxidation sites excluding steroid dienone is 6. The minimum Gasteiger partial charge on any atom is -0.295 e. The highest BCUT2D eigenvalue weighted by Crippen LogP contribution is 2.13. The van der Waals surface area contributed by atoms with E-state index in [1.807, 2.05) is 0 Å². The number of carbonyl (C=O) groups is 1. The lowest BCUT2D eigenvalue weighted by Crippen LogP contribution is -1.96. The van der Waals surface area contributed by atoms with Gasteiger partial charge in [0.25, 0.3) is 0 Å². The summed E-state index contributed by atoms with van der Waals surface area (Å²) in [7, 11) is 0. The van der Waals surface area contributed by atoms with Gasteiger partial charge in [-0.15, -0.1) is 0 Å². The van der Waals surface area contributed by atoms with E-state index in [1.54, 1.807) is 6.92 Å². The fourth-order valence-corrected chi connectivity index (χ4v) is 1.90. The minimum absolute atomic E-state index is 0.228. The lowest BCUT2D eigenvalue weighted by atomic mass is 10.0. The first kappa shape index (κ1) is 13.0. The van der Waals surface area contributed by atoms with E-state index >= 15 is 0 Å². The second kappa shape index (κ2) is 7.21. The second-order valence-corrected chi connectivity index (χ2v) is 4.46. The molecule has 0 N–H and O–H groups in total. The Bertz CT molecular complexity index is 318. The average Bonchev–Trinajstić information content (AvgIpc) is 2.22. The third-order valence-corrected chi connectivity index (χ3v) is 2.95. The summed E-state index contributed by atoms with van der Waals surface area (Å²) in [4.78, 5) is 11.4. The molecule has 0 aromatic carbocycles. The van der Waals surface area contributed by atoms with Crippen LogP contribution in [0.15, 0.2) is 35.5 Å². The van der Waals surface area contributed by atoms with E-state index in [0.29, 0.717) is 0 Å². The number of carbonyl (C=O) groups excluding carboxylic acids is 1. The Morgan fingerprint density at radius 2 is 1.62 bits per heavy atom. The molecule has 0 amide bonds. The first-order valence-electron chi connectivity index (χ1n) is 6.20. The van der Waals surface area contributed by atoms with Gasteiger partial charge in [0.15, 0.2) is 5.78 Å². The van der Waals surface area contributed by atoms with Crippen LogP contribution in [0.25, 0.3) is 0 Å². The summed E-state index contributed by atoms with van der Waals surface area (Å²) in [5, 5.41) is 0. The van der Waals surface area contributed by atoms with Crippen molar-refractivity contribution in [1.82, 2.24) is 0 Å². The summed E-state index contributed by atoms with van der Waals surface area (Å²) in [6.07, 6.45) is 15.1. The maximum atomic E-state index is 11.4. The van der Waals surface area contributed by atoms with E-state index in [9.17, 15) is 4.79 Å². The first-order valence-corrected chi connectivity index (χ1v) is 6.20. The van der Waals surface area contributed by atoms with Crippen molar-refractivity contribution in [3.8, 4) is 0 Å². The van der Waals surface area contributed by atoms with Crippen molar-refractivity contribution in [1.29, 1.82) is 0 Å². The average molecular weight is 218 g/mol. The summed E-state index contributed by atoms with van der Waals surface area (Å²) in [5.74, 6) is 0.228. The van der Waals surface area contributed by atoms with Crippen molar-refractivity contribution in [3.05, 3.63) is 35.5 Å². The molecule has 0 atom stereocenters. The van der Waals surface area contributed by atoms with Gasteiger partial charge in [-0.05, 0) is 57.9 Å². The predicted octanol–water partition coefficient (Wildman–Crippen LogP) is 4.36. The zero-order chi connectivity index (χ0) is 11.8. The van der Waals surface area contributed by atoms with Crippen LogP contribution in [-0.2, 0) is 4.79 Å². The summed E-state index contributed by atoms with van der Waals surface area (Å²) in [6, 6.07) is 0. The lowest BCUT2D eigenvalue weighted by Gasteiger charge is -2.03. The zero-order valence-electron chi connectivity index (χ0n) is 10.5. The zero-order valence-corrected chi connectivity index (χ0v) is 10.5. The predicted molar refractivity (Wildman–Crippen MR) is 69.4 cm³/mol. The molecule has 0 spiro atoms. The lowest BCUT2D eigenvalue weighted by molar-refractivity contribution is -0.113. The fourth-order valence-electron chi connectivity index (χ4n) is 1.90. The second-order valence-electron chi connectivity index (χ2n) is 4.46. The smallest absolute Gasteiger partial charge is 0.155 e. The molecule has 88 valence electrons. The molecule has 0 saturated carbocycles. The minimum atomic E-state index is 0.228. The van der Waals surface area contributed by atoms with Gasteiger partial charge in [-0.1, -0.05) is 29.9 Å². The van der Waals surface area contributed by atoms with E-state index in [1.165, 1.54) is 12.0 Å². The molecule has 1 nitrogen and oxygen atoms in total. The normalized spacial score (nSPS) is 19.1. The fraction of sp³-hybridized carbons (Fsp3) is 0.533. The Balaban J connectivity index is 2.66. The van der Waals surface area contributed by atoms with Crippen LogP contribution >= 0.6 is 0 Å². The Morgan fingerprint density at radius 1 is 1.00 bits per heavy atom. The molecule has 16 heavy (non-hydrogen) atoms. The molecule has 0 aliphatic heterocycles. The number of ketones is 1. The van der Waals surface area contributed by atoms with Crippen molar-refractivity contribution < 1.29 is 4.79 Å². The number of hydrogen-bond acceptors (Lipinski definition) is 1. The van der Waals surface area contributed by atoms with Crippen LogP contribution in [0.3, 0.4) is 0 Å². The van der Waals surface area contributed by atoms with Crippen LogP contribution in [-0.4, -0.2) is 5.78 Å². The molecule has 0 radical (unpaired) electrons. The molecule has 0 unspecified atom stereocenters. The van der Waals surface area contributed by atoms with E-state index in [2.05, 4.69) is 31.2 Å². The van der Waals surface area contributed by atoms with Crippen molar-refractivity contribution in [2.45, 2.75) is 52.4 Å². The van der Waals surface area contributed by atoms with Gasteiger partial charge in [-0.25, -0.2) is 0 Å². The molecule has 0 heterocycles. The van der Waals surface area contributed by atoms with Gasteiger partial charge < -0.3 is 0 Å². The molecule has 0 saturated heterocycles. The summed E-state index contributed by atoms with van der Waals surface area (Å²) in [5.41, 5.74) is 2.46. The molecule has 1 aliphatic rings. The summed E-state index contributed by atoms with van der Waals surface area (Å²) < 4.78 is 0. The van der Waals surface area contributed by atoms with E-state index in [0.717, 1.165) is 37.7 Å². The summed E-state index contributed by atoms with van der Waals surface area (Å²) >= 11 is 0. The van der Waals surface area contributed by atoms with Crippen LogP contribution in [0, 0.1) is 0 Å². The van der Waals surface area contributed by atoms with Gasteiger partial charge in [0, 0.05) is 0 Å². The Kier molecular flexibility index (Phi) is 5.84. The maximum absolute atomic E-state index is 11.4. The molecule has 1 aliphatic carbocycles. The van der Waals surface area contributed by atoms with Gasteiger partial charge in [0.05, 0.1) is 0 Å². The van der Waals surface area contributed by atoms with E-state index in [4.69, 9.17) is 0 Å². The topological polar surface area (TPSA) is 17.1 Å². The van der Waals surface area contributed by atoms with Crippen LogP contribution in [0.1, 0.15) is 52.4 Å². The van der Waals surface area contributed by atoms with Crippen LogP contribution in [0.2, 0.25) is 0 Å². The highest BCUT2D eigenvalue weighted by molar-refractivity contribution is 5.93. The molecule has 0 aromatic heterocycles. The van der Waals surface area contributed by atoms with Crippen LogP contribution in [0.5, 0.6) is 0 Å². The van der Waals surface area contributed by atoms with Crippen molar-refractivity contribution in [2.24, 2.45) is 0 Å². The van der Waals surface area contributed by atoms with Crippen LogP contribution in [0.4, 0.5) is 0 Å². The monoisotopic (exact) mass is 218 g/mol. The molecule has 0 bridgehead atoms. The first-order chi connectivity index (χ1) is 7.70. The van der Waals surface area contributed by atoms with Crippen LogP contribution < -0.4 is 0 Å². The number of Topliss-reactive ketones (excluding diaryl/α,β-unsaturated/α-hetero) is 1. The molecule has 0 fully saturated rings. The molecule has 1 heteroatoms. The Labute approximate surface area is 98.9 Å². The quantitative estimate of drug-likeness (QED) is 0.598. The van der Waals surface area contributed by atoms with Crippen molar-refractivity contribution >= 4 is 5.78 Å². The maximum Gasteiger partial charge on any atom is 0.155 e. The SMILES string of the molecule is CC(=O)C1=CCCC=C(C)CCC=CCC1. The standard InChI is InChI=1S/C15H22O/c1-13-9-5-3-4-6-11-15(14(2)16)12-8-7-10-13/h3-4,10,12H,5-9,11H2,1-2H3. The molecule has 1 rings (SSSR count). The van der Waals surface area contributed by atoms with Gasteiger partial charge in [-0.2, -0.15) is 0 Å². The largest absolute Gasteiger partial charge is 0.295 e. The van der Waals surface area contributed by atoms with Gasteiger partial charge in [0.1, 0.15) is 0 Å². The van der Waals surface area contributed by atoms with Gasteiger partial charge in [0.2, 0.25) is 0 Å². The highest BCUT2D eigenvalue weighted by Gasteiger charge is 2.02. The number of rotatable bonds is 1. The van der Waals surface area contributed by atoms with Crippen molar-refractivity contribution in [3.63, 3.8) is 0 Å². The summed E-state index contributed by atoms with van der Waals surface area (Å²) in [6.45, 7) is 3.86. The Hall–Kier alpha value is -1.11. The third kappa shape index (κ3) is 5.11. The third-order valence-electron chi connectivity index (χ3n) is 2.95. The van der Waals surface area contributed by atoms with Gasteiger partial charge >= 0.3 is 0 Å². The Morgan fingerprint density at radius 3 is 2.31 bits per heavy atom.